The molecule has 1 saturated heterocycles. The summed E-state index contributed by atoms with van der Waals surface area (Å²) in [5.74, 6) is 1.31. The molecule has 1 aliphatic heterocycles. The molecule has 2 atom stereocenters. The highest BCUT2D eigenvalue weighted by atomic mass is 32.1. The Morgan fingerprint density at radius 2 is 2.00 bits per heavy atom. The molecule has 1 fully saturated rings. The van der Waals surface area contributed by atoms with Crippen LogP contribution in [0.15, 0.2) is 52.8 Å². The van der Waals surface area contributed by atoms with Crippen molar-refractivity contribution in [3.63, 3.8) is 0 Å². The number of hydrogen-bond acceptors (Lipinski definition) is 3. The first kappa shape index (κ1) is 18.9. The summed E-state index contributed by atoms with van der Waals surface area (Å²) in [6.45, 7) is 7.04. The van der Waals surface area contributed by atoms with Crippen LogP contribution < -0.4 is 10.6 Å². The van der Waals surface area contributed by atoms with E-state index in [-0.39, 0.29) is 11.5 Å². The van der Waals surface area contributed by atoms with Gasteiger partial charge in [-0.05, 0) is 23.4 Å². The summed E-state index contributed by atoms with van der Waals surface area (Å²) in [6, 6.07) is 14.8. The monoisotopic (exact) mass is 371 g/mol. The molecule has 0 spiro atoms. The van der Waals surface area contributed by atoms with Crippen molar-refractivity contribution in [2.75, 3.05) is 26.7 Å². The number of ether oxygens (including phenoxy) is 1. The van der Waals surface area contributed by atoms with Crippen LogP contribution in [-0.2, 0) is 10.2 Å². The fraction of sp³-hybridized carbons (Fsp3) is 0.476. The molecule has 4 nitrogen and oxygen atoms in total. The minimum atomic E-state index is 0.0782. The largest absolute Gasteiger partial charge is 0.373 e. The van der Waals surface area contributed by atoms with Gasteiger partial charge in [0.05, 0.1) is 6.10 Å². The number of guanidine groups is 1. The summed E-state index contributed by atoms with van der Waals surface area (Å²) < 4.78 is 5.98. The summed E-state index contributed by atoms with van der Waals surface area (Å²) in [7, 11) is 1.83. The summed E-state index contributed by atoms with van der Waals surface area (Å²) >= 11 is 1.80. The van der Waals surface area contributed by atoms with E-state index in [0.717, 1.165) is 32.1 Å². The summed E-state index contributed by atoms with van der Waals surface area (Å²) in [6.07, 6.45) is 1.24. The van der Waals surface area contributed by atoms with Gasteiger partial charge in [-0.3, -0.25) is 4.99 Å². The summed E-state index contributed by atoms with van der Waals surface area (Å²) in [5.41, 5.74) is 1.34. The van der Waals surface area contributed by atoms with Crippen LogP contribution in [0.5, 0.6) is 0 Å². The number of rotatable bonds is 6. The Kier molecular flexibility index (Phi) is 6.33. The molecular formula is C21H29N3OS. The Morgan fingerprint density at radius 1 is 1.19 bits per heavy atom. The van der Waals surface area contributed by atoms with Gasteiger partial charge in [-0.2, -0.15) is 0 Å². The van der Waals surface area contributed by atoms with Gasteiger partial charge in [0.25, 0.3) is 0 Å². The van der Waals surface area contributed by atoms with E-state index in [0.29, 0.717) is 5.92 Å². The molecule has 0 amide bonds. The van der Waals surface area contributed by atoms with E-state index >= 15 is 0 Å². The van der Waals surface area contributed by atoms with Crippen molar-refractivity contribution in [2.24, 2.45) is 10.9 Å². The lowest BCUT2D eigenvalue weighted by Crippen LogP contribution is -2.44. The lowest BCUT2D eigenvalue weighted by atomic mass is 9.91. The average Bonchev–Trinajstić information content (AvgIpc) is 3.35. The number of nitrogens with one attached hydrogen (secondary N) is 2. The maximum absolute atomic E-state index is 5.98. The van der Waals surface area contributed by atoms with Gasteiger partial charge in [-0.25, -0.2) is 0 Å². The molecule has 0 radical (unpaired) electrons. The Hall–Kier alpha value is -1.85. The van der Waals surface area contributed by atoms with Gasteiger partial charge in [-0.15, -0.1) is 11.3 Å². The van der Waals surface area contributed by atoms with Gasteiger partial charge in [0, 0.05) is 43.0 Å². The van der Waals surface area contributed by atoms with Crippen molar-refractivity contribution in [3.8, 4) is 0 Å². The summed E-state index contributed by atoms with van der Waals surface area (Å²) in [4.78, 5) is 5.77. The first-order valence-electron chi connectivity index (χ1n) is 9.25. The molecule has 2 unspecified atom stereocenters. The van der Waals surface area contributed by atoms with Crippen LogP contribution in [0.4, 0.5) is 0 Å². The van der Waals surface area contributed by atoms with Crippen molar-refractivity contribution < 1.29 is 4.74 Å². The fourth-order valence-electron chi connectivity index (χ4n) is 3.36. The minimum Gasteiger partial charge on any atom is -0.373 e. The quantitative estimate of drug-likeness (QED) is 0.597. The van der Waals surface area contributed by atoms with E-state index in [1.54, 1.807) is 11.3 Å². The molecule has 1 aromatic heterocycles. The molecule has 0 aliphatic carbocycles. The Labute approximate surface area is 160 Å². The van der Waals surface area contributed by atoms with E-state index in [1.165, 1.54) is 10.4 Å². The zero-order valence-electron chi connectivity index (χ0n) is 15.9. The van der Waals surface area contributed by atoms with Gasteiger partial charge < -0.3 is 15.4 Å². The standard InChI is InChI=1S/C21H29N3OS/c1-21(2,18-10-7-13-26-18)15-24-20(22-3)23-14-17-11-12-25-19(17)16-8-5-4-6-9-16/h4-10,13,17,19H,11-12,14-15H2,1-3H3,(H2,22,23,24). The predicted octanol–water partition coefficient (Wildman–Crippen LogP) is 3.97. The molecule has 0 bridgehead atoms. The van der Waals surface area contributed by atoms with E-state index in [9.17, 15) is 0 Å². The van der Waals surface area contributed by atoms with Crippen molar-refractivity contribution in [2.45, 2.75) is 31.8 Å². The SMILES string of the molecule is CN=C(NCC1CCOC1c1ccccc1)NCC(C)(C)c1cccs1. The van der Waals surface area contributed by atoms with Gasteiger partial charge in [0.2, 0.25) is 0 Å². The second-order valence-electron chi connectivity index (χ2n) is 7.42. The Balaban J connectivity index is 1.52. The molecular weight excluding hydrogens is 342 g/mol. The highest BCUT2D eigenvalue weighted by Crippen LogP contribution is 2.33. The Morgan fingerprint density at radius 3 is 2.69 bits per heavy atom. The van der Waals surface area contributed by atoms with Gasteiger partial charge in [0.15, 0.2) is 5.96 Å². The van der Waals surface area contributed by atoms with Crippen LogP contribution in [0.2, 0.25) is 0 Å². The van der Waals surface area contributed by atoms with Gasteiger partial charge in [0.1, 0.15) is 0 Å². The van der Waals surface area contributed by atoms with Crippen molar-refractivity contribution in [1.82, 2.24) is 10.6 Å². The first-order chi connectivity index (χ1) is 12.6. The van der Waals surface area contributed by atoms with Gasteiger partial charge in [-0.1, -0.05) is 50.2 Å². The summed E-state index contributed by atoms with van der Waals surface area (Å²) in [5, 5.41) is 9.11. The molecule has 2 heterocycles. The Bertz CT molecular complexity index is 697. The van der Waals surface area contributed by atoms with Crippen molar-refractivity contribution >= 4 is 17.3 Å². The fourth-order valence-corrected chi connectivity index (χ4v) is 4.21. The maximum atomic E-state index is 5.98. The third-order valence-electron chi connectivity index (χ3n) is 4.98. The van der Waals surface area contributed by atoms with E-state index in [2.05, 4.69) is 71.3 Å². The van der Waals surface area contributed by atoms with Crippen LogP contribution in [0.3, 0.4) is 0 Å². The van der Waals surface area contributed by atoms with E-state index in [4.69, 9.17) is 4.74 Å². The maximum Gasteiger partial charge on any atom is 0.191 e. The number of aliphatic imine (C=N–C) groups is 1. The third-order valence-corrected chi connectivity index (χ3v) is 6.22. The molecule has 2 aromatic rings. The van der Waals surface area contributed by atoms with Crippen LogP contribution >= 0.6 is 11.3 Å². The van der Waals surface area contributed by atoms with Crippen LogP contribution in [0.25, 0.3) is 0 Å². The highest BCUT2D eigenvalue weighted by molar-refractivity contribution is 7.10. The highest BCUT2D eigenvalue weighted by Gasteiger charge is 2.29. The number of thiophene rings is 1. The van der Waals surface area contributed by atoms with Crippen LogP contribution in [0.1, 0.15) is 36.8 Å². The number of hydrogen-bond donors (Lipinski definition) is 2. The first-order valence-corrected chi connectivity index (χ1v) is 10.1. The molecule has 1 aromatic carbocycles. The van der Waals surface area contributed by atoms with E-state index in [1.807, 2.05) is 13.1 Å². The molecule has 3 rings (SSSR count). The van der Waals surface area contributed by atoms with Crippen LogP contribution in [-0.4, -0.2) is 32.7 Å². The molecule has 140 valence electrons. The minimum absolute atomic E-state index is 0.0782. The molecule has 5 heteroatoms. The number of benzene rings is 1. The second kappa shape index (κ2) is 8.69. The van der Waals surface area contributed by atoms with Crippen LogP contribution in [0, 0.1) is 5.92 Å². The van der Waals surface area contributed by atoms with Gasteiger partial charge >= 0.3 is 0 Å². The smallest absolute Gasteiger partial charge is 0.191 e. The predicted molar refractivity (Wildman–Crippen MR) is 110 cm³/mol. The number of nitrogens with zero attached hydrogens (tertiary/aromatic N) is 1. The molecule has 1 aliphatic rings. The van der Waals surface area contributed by atoms with Crippen molar-refractivity contribution in [1.29, 1.82) is 0 Å². The van der Waals surface area contributed by atoms with E-state index < -0.39 is 0 Å². The normalized spacial score (nSPS) is 21.0. The zero-order chi connectivity index (χ0) is 18.4. The second-order valence-corrected chi connectivity index (χ2v) is 8.37. The average molecular weight is 372 g/mol. The molecule has 0 saturated carbocycles. The lowest BCUT2D eigenvalue weighted by molar-refractivity contribution is 0.0915. The zero-order valence-corrected chi connectivity index (χ0v) is 16.7. The van der Waals surface area contributed by atoms with Crippen molar-refractivity contribution in [3.05, 3.63) is 58.3 Å². The lowest BCUT2D eigenvalue weighted by Gasteiger charge is -2.26. The molecule has 26 heavy (non-hydrogen) atoms. The topological polar surface area (TPSA) is 45.7 Å². The third kappa shape index (κ3) is 4.65. The molecule has 2 N–H and O–H groups in total.